The molecular weight excluding hydrogens is 543 g/mol. The van der Waals surface area contributed by atoms with Crippen LogP contribution in [0.3, 0.4) is 0 Å². The number of sulfonamides is 1. The number of nitrogens with zero attached hydrogens (tertiary/aromatic N) is 2. The van der Waals surface area contributed by atoms with Gasteiger partial charge in [-0.25, -0.2) is 8.42 Å². The van der Waals surface area contributed by atoms with Gasteiger partial charge in [0.15, 0.2) is 0 Å². The van der Waals surface area contributed by atoms with Crippen molar-refractivity contribution in [2.24, 2.45) is 0 Å². The van der Waals surface area contributed by atoms with Gasteiger partial charge < -0.3 is 10.2 Å². The summed E-state index contributed by atoms with van der Waals surface area (Å²) in [6, 6.07) is 15.8. The van der Waals surface area contributed by atoms with Gasteiger partial charge in [0.2, 0.25) is 11.8 Å². The van der Waals surface area contributed by atoms with E-state index >= 15 is 0 Å². The third-order valence-electron chi connectivity index (χ3n) is 6.34. The SMILES string of the molecule is CCNC(=O)[C@@H](C)N(Cc1ccc(C)cc1)C(=O)CN(c1cccc(C(F)(F)F)c1)S(=O)(=O)c1ccc(C)cc1. The van der Waals surface area contributed by atoms with Crippen LogP contribution in [0.2, 0.25) is 0 Å². The quantitative estimate of drug-likeness (QED) is 0.366. The summed E-state index contributed by atoms with van der Waals surface area (Å²) in [5, 5.41) is 2.66. The highest BCUT2D eigenvalue weighted by Crippen LogP contribution is 2.33. The van der Waals surface area contributed by atoms with Crippen LogP contribution in [0.15, 0.2) is 77.7 Å². The van der Waals surface area contributed by atoms with E-state index in [2.05, 4.69) is 5.32 Å². The molecule has 214 valence electrons. The van der Waals surface area contributed by atoms with Crippen LogP contribution in [-0.2, 0) is 32.3 Å². The highest BCUT2D eigenvalue weighted by Gasteiger charge is 2.35. The van der Waals surface area contributed by atoms with E-state index in [1.807, 2.05) is 19.1 Å². The maximum Gasteiger partial charge on any atom is 0.416 e. The second kappa shape index (κ2) is 12.5. The molecule has 40 heavy (non-hydrogen) atoms. The van der Waals surface area contributed by atoms with Crippen molar-refractivity contribution in [3.8, 4) is 0 Å². The third-order valence-corrected chi connectivity index (χ3v) is 8.13. The number of hydrogen-bond acceptors (Lipinski definition) is 4. The molecule has 2 amide bonds. The summed E-state index contributed by atoms with van der Waals surface area (Å²) in [6.45, 7) is 6.36. The first-order chi connectivity index (χ1) is 18.7. The molecule has 0 saturated carbocycles. The Morgan fingerprint density at radius 1 is 0.925 bits per heavy atom. The van der Waals surface area contributed by atoms with Gasteiger partial charge in [0.25, 0.3) is 10.0 Å². The van der Waals surface area contributed by atoms with Gasteiger partial charge in [-0.3, -0.25) is 13.9 Å². The van der Waals surface area contributed by atoms with Crippen molar-refractivity contribution in [2.75, 3.05) is 17.4 Å². The summed E-state index contributed by atoms with van der Waals surface area (Å²) in [5.41, 5.74) is 1.07. The molecule has 0 unspecified atom stereocenters. The Morgan fingerprint density at radius 2 is 1.50 bits per heavy atom. The summed E-state index contributed by atoms with van der Waals surface area (Å²) in [6.07, 6.45) is -4.73. The van der Waals surface area contributed by atoms with Crippen LogP contribution in [0.4, 0.5) is 18.9 Å². The molecule has 0 spiro atoms. The first kappa shape index (κ1) is 30.7. The number of aryl methyl sites for hydroxylation is 2. The Bertz CT molecular complexity index is 1440. The minimum absolute atomic E-state index is 0.0155. The van der Waals surface area contributed by atoms with Crippen LogP contribution in [0.25, 0.3) is 0 Å². The van der Waals surface area contributed by atoms with Gasteiger partial charge in [-0.2, -0.15) is 13.2 Å². The minimum Gasteiger partial charge on any atom is -0.355 e. The number of amides is 2. The molecule has 0 heterocycles. The van der Waals surface area contributed by atoms with Crippen LogP contribution in [-0.4, -0.2) is 44.3 Å². The molecule has 0 radical (unpaired) electrons. The zero-order valence-electron chi connectivity index (χ0n) is 22.7. The molecule has 0 aliphatic carbocycles. The summed E-state index contributed by atoms with van der Waals surface area (Å²) in [4.78, 5) is 27.5. The maximum atomic E-state index is 13.8. The number of hydrogen-bond donors (Lipinski definition) is 1. The Kier molecular flexibility index (Phi) is 9.62. The second-order valence-corrected chi connectivity index (χ2v) is 11.3. The number of carbonyl (C=O) groups is 2. The summed E-state index contributed by atoms with van der Waals surface area (Å²) >= 11 is 0. The number of anilines is 1. The van der Waals surface area contributed by atoms with E-state index in [1.54, 1.807) is 38.1 Å². The van der Waals surface area contributed by atoms with Crippen molar-refractivity contribution in [3.63, 3.8) is 0 Å². The van der Waals surface area contributed by atoms with Crippen LogP contribution in [0, 0.1) is 13.8 Å². The molecule has 3 aromatic rings. The largest absolute Gasteiger partial charge is 0.416 e. The normalized spacial score (nSPS) is 12.5. The van der Waals surface area contributed by atoms with Gasteiger partial charge in [-0.05, 0) is 63.6 Å². The number of carbonyl (C=O) groups excluding carboxylic acids is 2. The zero-order chi connectivity index (χ0) is 29.7. The van der Waals surface area contributed by atoms with Gasteiger partial charge in [0.05, 0.1) is 16.1 Å². The number of alkyl halides is 3. The highest BCUT2D eigenvalue weighted by atomic mass is 32.2. The molecule has 0 saturated heterocycles. The van der Waals surface area contributed by atoms with Crippen molar-refractivity contribution in [3.05, 3.63) is 95.1 Å². The van der Waals surface area contributed by atoms with E-state index in [-0.39, 0.29) is 17.1 Å². The van der Waals surface area contributed by atoms with Crippen molar-refractivity contribution in [1.29, 1.82) is 0 Å². The standard InChI is InChI=1S/C29H32F3N3O4S/c1-5-33-28(37)22(4)34(18-23-13-9-20(2)10-14-23)27(36)19-35(25-8-6-7-24(17-25)29(30,31)32)40(38,39)26-15-11-21(3)12-16-26/h6-17,22H,5,18-19H2,1-4H3,(H,33,37)/t22-/m1/s1. The molecule has 0 fully saturated rings. The number of rotatable bonds is 10. The molecule has 1 N–H and O–H groups in total. The average molecular weight is 576 g/mol. The Balaban J connectivity index is 2.09. The number of nitrogens with one attached hydrogen (secondary N) is 1. The molecule has 1 atom stereocenters. The predicted molar refractivity (Wildman–Crippen MR) is 147 cm³/mol. The number of halogens is 3. The van der Waals surface area contributed by atoms with E-state index in [9.17, 15) is 31.2 Å². The van der Waals surface area contributed by atoms with E-state index in [0.717, 1.165) is 23.3 Å². The molecule has 0 aliphatic rings. The van der Waals surface area contributed by atoms with Crippen LogP contribution >= 0.6 is 0 Å². The van der Waals surface area contributed by atoms with Crippen molar-refractivity contribution >= 4 is 27.5 Å². The molecule has 0 bridgehead atoms. The van der Waals surface area contributed by atoms with Crippen LogP contribution in [0.1, 0.15) is 36.1 Å². The fourth-order valence-corrected chi connectivity index (χ4v) is 5.40. The van der Waals surface area contributed by atoms with E-state index in [1.165, 1.54) is 30.0 Å². The van der Waals surface area contributed by atoms with Gasteiger partial charge >= 0.3 is 6.18 Å². The molecule has 0 aliphatic heterocycles. The lowest BCUT2D eigenvalue weighted by atomic mass is 10.1. The first-order valence-electron chi connectivity index (χ1n) is 12.6. The lowest BCUT2D eigenvalue weighted by Crippen LogP contribution is -2.51. The smallest absolute Gasteiger partial charge is 0.355 e. The predicted octanol–water partition coefficient (Wildman–Crippen LogP) is 5.07. The van der Waals surface area contributed by atoms with Crippen molar-refractivity contribution in [2.45, 2.75) is 51.4 Å². The minimum atomic E-state index is -4.73. The van der Waals surface area contributed by atoms with Gasteiger partial charge in [0, 0.05) is 13.1 Å². The fourth-order valence-electron chi connectivity index (χ4n) is 4.00. The molecule has 7 nitrogen and oxygen atoms in total. The number of benzene rings is 3. The molecule has 11 heteroatoms. The molecular formula is C29H32F3N3O4S. The summed E-state index contributed by atoms with van der Waals surface area (Å²) < 4.78 is 68.8. The van der Waals surface area contributed by atoms with Crippen molar-refractivity contribution < 1.29 is 31.2 Å². The van der Waals surface area contributed by atoms with Gasteiger partial charge in [-0.15, -0.1) is 0 Å². The molecule has 3 aromatic carbocycles. The van der Waals surface area contributed by atoms with Crippen LogP contribution < -0.4 is 9.62 Å². The van der Waals surface area contributed by atoms with Crippen molar-refractivity contribution in [1.82, 2.24) is 10.2 Å². The topological polar surface area (TPSA) is 86.8 Å². The number of likely N-dealkylation sites (N-methyl/N-ethyl adjacent to an activating group) is 1. The lowest BCUT2D eigenvalue weighted by molar-refractivity contribution is -0.139. The Morgan fingerprint density at radius 3 is 2.05 bits per heavy atom. The fraction of sp³-hybridized carbons (Fsp3) is 0.310. The van der Waals surface area contributed by atoms with E-state index < -0.39 is 46.2 Å². The van der Waals surface area contributed by atoms with Gasteiger partial charge in [0.1, 0.15) is 12.6 Å². The third kappa shape index (κ3) is 7.41. The summed E-state index contributed by atoms with van der Waals surface area (Å²) in [5.74, 6) is -1.21. The zero-order valence-corrected chi connectivity index (χ0v) is 23.5. The highest BCUT2D eigenvalue weighted by molar-refractivity contribution is 7.92. The average Bonchev–Trinajstić information content (AvgIpc) is 2.90. The monoisotopic (exact) mass is 575 g/mol. The Labute approximate surface area is 232 Å². The Hall–Kier alpha value is -3.86. The summed E-state index contributed by atoms with van der Waals surface area (Å²) in [7, 11) is -4.48. The van der Waals surface area contributed by atoms with Crippen LogP contribution in [0.5, 0.6) is 0 Å². The first-order valence-corrected chi connectivity index (χ1v) is 14.1. The van der Waals surface area contributed by atoms with E-state index in [0.29, 0.717) is 22.5 Å². The second-order valence-electron chi connectivity index (χ2n) is 9.45. The molecule has 3 rings (SSSR count). The maximum absolute atomic E-state index is 13.8. The molecule has 0 aromatic heterocycles. The van der Waals surface area contributed by atoms with E-state index in [4.69, 9.17) is 0 Å². The lowest BCUT2D eigenvalue weighted by Gasteiger charge is -2.32. The van der Waals surface area contributed by atoms with Gasteiger partial charge in [-0.1, -0.05) is 53.6 Å².